The van der Waals surface area contributed by atoms with Crippen LogP contribution in [0.15, 0.2) is 72.1 Å². The van der Waals surface area contributed by atoms with Crippen LogP contribution >= 0.6 is 11.3 Å². The molecule has 4 amide bonds. The van der Waals surface area contributed by atoms with Gasteiger partial charge >= 0.3 is 6.03 Å². The SMILES string of the molecule is CC[C@@]1(c2ccccc2)NC(=O)N(CC(=O)N[C@@H](c2ccc(F)cc2)c2cccs2)C1=O. The highest BCUT2D eigenvalue weighted by molar-refractivity contribution is 7.10. The number of rotatable bonds is 7. The molecular formula is C24H22FN3O3S. The molecule has 0 saturated carbocycles. The smallest absolute Gasteiger partial charge is 0.325 e. The van der Waals surface area contributed by atoms with Gasteiger partial charge in [0, 0.05) is 4.88 Å². The monoisotopic (exact) mass is 451 g/mol. The van der Waals surface area contributed by atoms with E-state index in [4.69, 9.17) is 0 Å². The van der Waals surface area contributed by atoms with Crippen LogP contribution in [0.1, 0.15) is 35.4 Å². The van der Waals surface area contributed by atoms with Crippen LogP contribution in [-0.4, -0.2) is 29.3 Å². The average molecular weight is 452 g/mol. The minimum absolute atomic E-state index is 0.354. The lowest BCUT2D eigenvalue weighted by Gasteiger charge is -2.26. The van der Waals surface area contributed by atoms with Crippen LogP contribution in [-0.2, 0) is 15.1 Å². The molecule has 1 saturated heterocycles. The molecular weight excluding hydrogens is 429 g/mol. The zero-order valence-corrected chi connectivity index (χ0v) is 18.2. The Morgan fingerprint density at radius 3 is 2.44 bits per heavy atom. The standard InChI is InChI=1S/C24H22FN3O3S/c1-2-24(17-7-4-3-5-8-17)22(30)28(23(31)27-24)15-20(29)26-21(19-9-6-14-32-19)16-10-12-18(25)13-11-16/h3-14,21H,2,15H2,1H3,(H,26,29)(H,27,31)/t21-,24-/m0/s1. The summed E-state index contributed by atoms with van der Waals surface area (Å²) < 4.78 is 13.4. The van der Waals surface area contributed by atoms with Crippen molar-refractivity contribution in [1.29, 1.82) is 0 Å². The van der Waals surface area contributed by atoms with Crippen LogP contribution in [0.5, 0.6) is 0 Å². The van der Waals surface area contributed by atoms with E-state index < -0.39 is 36.0 Å². The van der Waals surface area contributed by atoms with Gasteiger partial charge in [0.25, 0.3) is 5.91 Å². The number of nitrogens with zero attached hydrogens (tertiary/aromatic N) is 1. The van der Waals surface area contributed by atoms with Crippen molar-refractivity contribution in [1.82, 2.24) is 15.5 Å². The first-order valence-corrected chi connectivity index (χ1v) is 11.1. The van der Waals surface area contributed by atoms with Crippen molar-refractivity contribution in [3.05, 3.63) is 93.9 Å². The van der Waals surface area contributed by atoms with Crippen LogP contribution in [0.2, 0.25) is 0 Å². The fourth-order valence-corrected chi connectivity index (χ4v) is 4.71. The summed E-state index contributed by atoms with van der Waals surface area (Å²) in [5.41, 5.74) is 0.182. The number of amides is 4. The Morgan fingerprint density at radius 1 is 1.09 bits per heavy atom. The zero-order chi connectivity index (χ0) is 22.7. The number of benzene rings is 2. The lowest BCUT2D eigenvalue weighted by molar-refractivity contribution is -0.135. The fraction of sp³-hybridized carbons (Fsp3) is 0.208. The van der Waals surface area contributed by atoms with Crippen molar-refractivity contribution in [2.24, 2.45) is 0 Å². The molecule has 1 aliphatic rings. The molecule has 4 rings (SSSR count). The van der Waals surface area contributed by atoms with Crippen molar-refractivity contribution in [3.8, 4) is 0 Å². The van der Waals surface area contributed by atoms with Gasteiger partial charge in [-0.25, -0.2) is 9.18 Å². The van der Waals surface area contributed by atoms with Gasteiger partial charge in [-0.05, 0) is 41.1 Å². The van der Waals surface area contributed by atoms with Crippen LogP contribution in [0.3, 0.4) is 0 Å². The number of halogens is 1. The summed E-state index contributed by atoms with van der Waals surface area (Å²) in [6.45, 7) is 1.40. The topological polar surface area (TPSA) is 78.5 Å². The van der Waals surface area contributed by atoms with Gasteiger partial charge in [-0.1, -0.05) is 55.5 Å². The Kier molecular flexibility index (Phi) is 6.05. The maximum atomic E-state index is 13.4. The van der Waals surface area contributed by atoms with Crippen molar-refractivity contribution >= 4 is 29.2 Å². The van der Waals surface area contributed by atoms with E-state index >= 15 is 0 Å². The molecule has 2 N–H and O–H groups in total. The lowest BCUT2D eigenvalue weighted by Crippen LogP contribution is -2.45. The van der Waals surface area contributed by atoms with E-state index in [2.05, 4.69) is 10.6 Å². The first kappa shape index (κ1) is 21.7. The predicted octanol–water partition coefficient (Wildman–Crippen LogP) is 3.95. The van der Waals surface area contributed by atoms with Gasteiger partial charge in [0.05, 0.1) is 6.04 Å². The molecule has 2 heterocycles. The van der Waals surface area contributed by atoms with E-state index in [9.17, 15) is 18.8 Å². The number of urea groups is 1. The highest BCUT2D eigenvalue weighted by atomic mass is 32.1. The highest BCUT2D eigenvalue weighted by Gasteiger charge is 2.51. The van der Waals surface area contributed by atoms with Crippen LogP contribution < -0.4 is 10.6 Å². The van der Waals surface area contributed by atoms with Crippen molar-refractivity contribution < 1.29 is 18.8 Å². The van der Waals surface area contributed by atoms with Gasteiger partial charge in [-0.3, -0.25) is 14.5 Å². The van der Waals surface area contributed by atoms with E-state index in [-0.39, 0.29) is 5.82 Å². The molecule has 1 aromatic heterocycles. The Hall–Kier alpha value is -3.52. The second-order valence-corrected chi connectivity index (χ2v) is 8.49. The second-order valence-electron chi connectivity index (χ2n) is 7.51. The van der Waals surface area contributed by atoms with Crippen molar-refractivity contribution in [2.75, 3.05) is 6.54 Å². The minimum Gasteiger partial charge on any atom is -0.343 e. The molecule has 0 bridgehead atoms. The van der Waals surface area contributed by atoms with E-state index in [1.165, 1.54) is 23.5 Å². The fourth-order valence-electron chi connectivity index (χ4n) is 3.91. The van der Waals surface area contributed by atoms with Gasteiger partial charge < -0.3 is 10.6 Å². The Bertz CT molecular complexity index is 1120. The lowest BCUT2D eigenvalue weighted by atomic mass is 9.87. The molecule has 3 aromatic rings. The molecule has 1 aliphatic heterocycles. The summed E-state index contributed by atoms with van der Waals surface area (Å²) in [4.78, 5) is 40.6. The number of carbonyl (C=O) groups excluding carboxylic acids is 3. The maximum Gasteiger partial charge on any atom is 0.325 e. The first-order valence-electron chi connectivity index (χ1n) is 10.2. The largest absolute Gasteiger partial charge is 0.343 e. The minimum atomic E-state index is -1.19. The number of thiophene rings is 1. The quantitative estimate of drug-likeness (QED) is 0.534. The van der Waals surface area contributed by atoms with Gasteiger partial charge in [-0.2, -0.15) is 0 Å². The molecule has 0 spiro atoms. The van der Waals surface area contributed by atoms with Gasteiger partial charge in [0.15, 0.2) is 0 Å². The molecule has 164 valence electrons. The molecule has 2 atom stereocenters. The van der Waals surface area contributed by atoms with E-state index in [0.717, 1.165) is 9.78 Å². The summed E-state index contributed by atoms with van der Waals surface area (Å²) in [6.07, 6.45) is 0.354. The summed E-state index contributed by atoms with van der Waals surface area (Å²) >= 11 is 1.45. The molecule has 8 heteroatoms. The molecule has 6 nitrogen and oxygen atoms in total. The summed E-state index contributed by atoms with van der Waals surface area (Å²) in [7, 11) is 0. The molecule has 1 fully saturated rings. The van der Waals surface area contributed by atoms with E-state index in [1.54, 1.807) is 36.4 Å². The summed E-state index contributed by atoms with van der Waals surface area (Å²) in [5.74, 6) is -1.32. The normalized spacial score (nSPS) is 19.0. The number of nitrogens with one attached hydrogen (secondary N) is 2. The molecule has 2 aromatic carbocycles. The first-order chi connectivity index (χ1) is 15.4. The predicted molar refractivity (Wildman–Crippen MR) is 119 cm³/mol. The van der Waals surface area contributed by atoms with E-state index in [0.29, 0.717) is 17.5 Å². The Balaban J connectivity index is 1.54. The average Bonchev–Trinajstić information content (AvgIpc) is 3.42. The van der Waals surface area contributed by atoms with Gasteiger partial charge in [-0.15, -0.1) is 11.3 Å². The number of hydrogen-bond acceptors (Lipinski definition) is 4. The Labute approximate surface area is 189 Å². The third-order valence-corrected chi connectivity index (χ3v) is 6.55. The summed E-state index contributed by atoms with van der Waals surface area (Å²) in [5, 5.41) is 7.54. The molecule has 0 aliphatic carbocycles. The number of imide groups is 1. The zero-order valence-electron chi connectivity index (χ0n) is 17.4. The van der Waals surface area contributed by atoms with Gasteiger partial charge in [0.1, 0.15) is 17.9 Å². The second kappa shape index (κ2) is 8.92. The number of hydrogen-bond donors (Lipinski definition) is 2. The van der Waals surface area contributed by atoms with Crippen LogP contribution in [0, 0.1) is 5.82 Å². The summed E-state index contributed by atoms with van der Waals surface area (Å²) in [6, 6.07) is 17.5. The molecule has 32 heavy (non-hydrogen) atoms. The highest BCUT2D eigenvalue weighted by Crippen LogP contribution is 2.32. The van der Waals surface area contributed by atoms with Crippen molar-refractivity contribution in [2.45, 2.75) is 24.9 Å². The maximum absolute atomic E-state index is 13.4. The van der Waals surface area contributed by atoms with Crippen LogP contribution in [0.4, 0.5) is 9.18 Å². The van der Waals surface area contributed by atoms with Crippen LogP contribution in [0.25, 0.3) is 0 Å². The van der Waals surface area contributed by atoms with Gasteiger partial charge in [0.2, 0.25) is 5.91 Å². The third kappa shape index (κ3) is 4.01. The molecule has 0 unspecified atom stereocenters. The third-order valence-electron chi connectivity index (χ3n) is 5.61. The molecule has 0 radical (unpaired) electrons. The Morgan fingerprint density at radius 2 is 1.81 bits per heavy atom. The number of carbonyl (C=O) groups is 3. The van der Waals surface area contributed by atoms with Crippen molar-refractivity contribution in [3.63, 3.8) is 0 Å². The van der Waals surface area contributed by atoms with E-state index in [1.807, 2.05) is 30.5 Å².